The second-order valence-electron chi connectivity index (χ2n) is 15.9. The van der Waals surface area contributed by atoms with Crippen molar-refractivity contribution in [2.24, 2.45) is 0 Å². The zero-order valence-corrected chi connectivity index (χ0v) is 32.0. The SMILES string of the molecule is CN(C)CCc1c[nH]c2cccc(C(CC[Si](C)(C)C)OC(=O)OC(CC[Si](C)(C)C)c3cccc4[nH]cc(CCN(C)C)c34)c12. The molecule has 7 nitrogen and oxygen atoms in total. The lowest BCUT2D eigenvalue weighted by Gasteiger charge is -2.26. The van der Waals surface area contributed by atoms with Crippen LogP contribution in [0.15, 0.2) is 48.8 Å². The molecule has 2 aromatic carbocycles. The van der Waals surface area contributed by atoms with Gasteiger partial charge in [0.1, 0.15) is 12.2 Å². The summed E-state index contributed by atoms with van der Waals surface area (Å²) in [7, 11) is 5.58. The maximum Gasteiger partial charge on any atom is 0.509 e. The van der Waals surface area contributed by atoms with Gasteiger partial charge in [0.2, 0.25) is 0 Å². The fraction of sp³-hybridized carbons (Fsp3) is 0.541. The van der Waals surface area contributed by atoms with Gasteiger partial charge in [-0.2, -0.15) is 0 Å². The molecule has 0 saturated heterocycles. The van der Waals surface area contributed by atoms with E-state index >= 15 is 0 Å². The number of hydrogen-bond donors (Lipinski definition) is 2. The first-order valence-corrected chi connectivity index (χ1v) is 24.4. The molecule has 0 aliphatic rings. The summed E-state index contributed by atoms with van der Waals surface area (Å²) in [6.07, 6.45) is 6.29. The lowest BCUT2D eigenvalue weighted by atomic mass is 9.98. The van der Waals surface area contributed by atoms with Crippen LogP contribution in [-0.2, 0) is 22.3 Å². The summed E-state index contributed by atoms with van der Waals surface area (Å²) in [5.41, 5.74) is 6.82. The van der Waals surface area contributed by atoms with Crippen molar-refractivity contribution in [2.45, 2.75) is 89.3 Å². The minimum Gasteiger partial charge on any atom is -0.426 e. The van der Waals surface area contributed by atoms with Gasteiger partial charge in [-0.25, -0.2) is 4.79 Å². The monoisotopic (exact) mass is 662 g/mol. The smallest absolute Gasteiger partial charge is 0.426 e. The summed E-state index contributed by atoms with van der Waals surface area (Å²) >= 11 is 0. The first kappa shape index (κ1) is 36.0. The number of carbonyl (C=O) groups excluding carboxylic acids is 1. The van der Waals surface area contributed by atoms with Crippen LogP contribution in [0.2, 0.25) is 51.4 Å². The van der Waals surface area contributed by atoms with E-state index in [1.165, 1.54) is 21.9 Å². The van der Waals surface area contributed by atoms with Crippen LogP contribution in [0.1, 0.15) is 47.3 Å². The minimum absolute atomic E-state index is 0.381. The molecular formula is C37H58N4O3Si2. The average molecular weight is 663 g/mol. The lowest BCUT2D eigenvalue weighted by molar-refractivity contribution is -0.00461. The maximum atomic E-state index is 14.0. The van der Waals surface area contributed by atoms with E-state index in [4.69, 9.17) is 9.47 Å². The van der Waals surface area contributed by atoms with Crippen LogP contribution in [0, 0.1) is 0 Å². The fourth-order valence-corrected chi connectivity index (χ4v) is 8.39. The van der Waals surface area contributed by atoms with E-state index in [2.05, 4.69) is 136 Å². The van der Waals surface area contributed by atoms with Gasteiger partial charge < -0.3 is 29.2 Å². The molecule has 2 aromatic heterocycles. The second-order valence-corrected chi connectivity index (χ2v) is 27.2. The molecule has 2 atom stereocenters. The average Bonchev–Trinajstić information content (AvgIpc) is 3.58. The zero-order chi connectivity index (χ0) is 33.6. The predicted octanol–water partition coefficient (Wildman–Crippen LogP) is 9.25. The molecule has 0 saturated carbocycles. The Kier molecular flexibility index (Phi) is 12.0. The number of aromatic nitrogens is 2. The van der Waals surface area contributed by atoms with Crippen LogP contribution in [0.25, 0.3) is 21.8 Å². The molecule has 9 heteroatoms. The van der Waals surface area contributed by atoms with Gasteiger partial charge in [0.15, 0.2) is 0 Å². The van der Waals surface area contributed by atoms with Gasteiger partial charge in [0.25, 0.3) is 0 Å². The number of fused-ring (bicyclic) bond motifs is 2. The number of benzene rings is 2. The van der Waals surface area contributed by atoms with Crippen molar-refractivity contribution in [3.8, 4) is 0 Å². The Hall–Kier alpha value is -2.86. The van der Waals surface area contributed by atoms with Crippen molar-refractivity contribution in [1.82, 2.24) is 19.8 Å². The first-order chi connectivity index (χ1) is 21.6. The van der Waals surface area contributed by atoms with Gasteiger partial charge in [0.05, 0.1) is 0 Å². The van der Waals surface area contributed by atoms with E-state index in [-0.39, 0.29) is 12.2 Å². The Balaban J connectivity index is 1.68. The fourth-order valence-electron chi connectivity index (χ4n) is 6.13. The lowest BCUT2D eigenvalue weighted by Crippen LogP contribution is -2.24. The number of likely N-dealkylation sites (N-methyl/N-ethyl adjacent to an activating group) is 2. The third kappa shape index (κ3) is 10.1. The van der Waals surface area contributed by atoms with Crippen molar-refractivity contribution in [1.29, 1.82) is 0 Å². The highest BCUT2D eigenvalue weighted by atomic mass is 28.3. The summed E-state index contributed by atoms with van der Waals surface area (Å²) < 4.78 is 12.8. The number of aromatic amines is 2. The van der Waals surface area contributed by atoms with Crippen molar-refractivity contribution in [2.75, 3.05) is 41.3 Å². The van der Waals surface area contributed by atoms with Gasteiger partial charge in [-0.1, -0.05) is 75.6 Å². The standard InChI is InChI=1S/C37H58N4O3Si2/c1-40(2)21-17-27-25-38-31-15-11-13-29(35(27)31)33(19-23-45(5,6)7)43-37(42)44-34(20-24-46(8,9)10)30-14-12-16-32-36(30)28(26-39-32)18-22-41(3)4/h11-16,25-26,33-34,38-39H,17-24H2,1-10H3. The number of nitrogens with zero attached hydrogens (tertiary/aromatic N) is 2. The Morgan fingerprint density at radius 3 is 1.41 bits per heavy atom. The largest absolute Gasteiger partial charge is 0.509 e. The minimum atomic E-state index is -1.41. The molecule has 2 heterocycles. The van der Waals surface area contributed by atoms with Crippen molar-refractivity contribution in [3.05, 3.63) is 71.0 Å². The summed E-state index contributed by atoms with van der Waals surface area (Å²) in [4.78, 5) is 25.3. The van der Waals surface area contributed by atoms with Crippen LogP contribution in [0.3, 0.4) is 0 Å². The van der Waals surface area contributed by atoms with Gasteiger partial charge >= 0.3 is 6.16 Å². The molecule has 4 aromatic rings. The van der Waals surface area contributed by atoms with E-state index in [0.717, 1.165) is 73.0 Å². The third-order valence-corrected chi connectivity index (χ3v) is 12.4. The van der Waals surface area contributed by atoms with E-state index in [1.54, 1.807) is 0 Å². The van der Waals surface area contributed by atoms with E-state index in [1.807, 2.05) is 0 Å². The zero-order valence-electron chi connectivity index (χ0n) is 30.0. The van der Waals surface area contributed by atoms with Crippen LogP contribution < -0.4 is 0 Å². The van der Waals surface area contributed by atoms with Crippen LogP contribution in [0.4, 0.5) is 4.79 Å². The van der Waals surface area contributed by atoms with Crippen LogP contribution in [-0.4, -0.2) is 83.4 Å². The molecule has 0 amide bonds. The van der Waals surface area contributed by atoms with Crippen molar-refractivity contribution >= 4 is 44.1 Å². The molecule has 0 aliphatic carbocycles. The molecule has 4 rings (SSSR count). The topological polar surface area (TPSA) is 73.6 Å². The number of ether oxygens (including phenoxy) is 2. The van der Waals surface area contributed by atoms with E-state index < -0.39 is 22.3 Å². The molecule has 0 bridgehead atoms. The van der Waals surface area contributed by atoms with Gasteiger partial charge in [-0.3, -0.25) is 0 Å². The summed E-state index contributed by atoms with van der Waals surface area (Å²) in [5, 5.41) is 2.35. The van der Waals surface area contributed by atoms with Gasteiger partial charge in [0, 0.05) is 74.6 Å². The number of rotatable bonds is 16. The van der Waals surface area contributed by atoms with Gasteiger partial charge in [-0.15, -0.1) is 0 Å². The Labute approximate surface area is 279 Å². The predicted molar refractivity (Wildman–Crippen MR) is 200 cm³/mol. The molecule has 252 valence electrons. The summed E-state index contributed by atoms with van der Waals surface area (Å²) in [5.74, 6) is 0. The van der Waals surface area contributed by atoms with Crippen molar-refractivity contribution in [3.63, 3.8) is 0 Å². The second kappa shape index (κ2) is 15.4. The van der Waals surface area contributed by atoms with Crippen LogP contribution >= 0.6 is 0 Å². The highest BCUT2D eigenvalue weighted by Crippen LogP contribution is 2.37. The molecule has 46 heavy (non-hydrogen) atoms. The highest BCUT2D eigenvalue weighted by molar-refractivity contribution is 6.76. The Morgan fingerprint density at radius 2 is 1.07 bits per heavy atom. The van der Waals surface area contributed by atoms with Gasteiger partial charge in [-0.05, 0) is 77.1 Å². The summed E-state index contributed by atoms with van der Waals surface area (Å²) in [6, 6.07) is 14.7. The number of carbonyl (C=O) groups is 1. The molecule has 0 radical (unpaired) electrons. The Morgan fingerprint density at radius 1 is 0.674 bits per heavy atom. The first-order valence-electron chi connectivity index (χ1n) is 17.0. The van der Waals surface area contributed by atoms with Crippen LogP contribution in [0.5, 0.6) is 0 Å². The molecule has 2 unspecified atom stereocenters. The molecule has 0 spiro atoms. The molecule has 0 aliphatic heterocycles. The molecular weight excluding hydrogens is 605 g/mol. The highest BCUT2D eigenvalue weighted by Gasteiger charge is 2.29. The Bertz CT molecular complexity index is 1460. The van der Waals surface area contributed by atoms with E-state index in [0.29, 0.717) is 0 Å². The normalized spacial score (nSPS) is 14.0. The quantitative estimate of drug-likeness (QED) is 0.0924. The summed E-state index contributed by atoms with van der Waals surface area (Å²) in [6.45, 7) is 16.1. The molecule has 2 N–H and O–H groups in total. The maximum absolute atomic E-state index is 14.0. The molecule has 0 fully saturated rings. The number of hydrogen-bond acceptors (Lipinski definition) is 5. The van der Waals surface area contributed by atoms with E-state index in [9.17, 15) is 4.79 Å². The number of H-pyrrole nitrogens is 2. The van der Waals surface area contributed by atoms with Crippen molar-refractivity contribution < 1.29 is 14.3 Å². The third-order valence-electron chi connectivity index (χ3n) is 8.78. The number of nitrogens with one attached hydrogen (secondary N) is 2.